The Balaban J connectivity index is 2.02. The van der Waals surface area contributed by atoms with Gasteiger partial charge in [0, 0.05) is 43.3 Å². The molecule has 0 atom stereocenters. The molecule has 0 spiro atoms. The number of hydrogen-bond donors (Lipinski definition) is 3. The van der Waals surface area contributed by atoms with Gasteiger partial charge >= 0.3 is 0 Å². The summed E-state index contributed by atoms with van der Waals surface area (Å²) in [4.78, 5) is 29.7. The third-order valence-electron chi connectivity index (χ3n) is 3.32. The number of anilines is 3. The van der Waals surface area contributed by atoms with Gasteiger partial charge in [-0.15, -0.1) is 0 Å². The van der Waals surface area contributed by atoms with Gasteiger partial charge in [0.2, 0.25) is 5.91 Å². The average molecular weight is 341 g/mol. The lowest BCUT2D eigenvalue weighted by molar-refractivity contribution is -0.114. The number of rotatable bonds is 7. The maximum atomic E-state index is 12.4. The van der Waals surface area contributed by atoms with E-state index in [1.54, 1.807) is 36.5 Å². The van der Waals surface area contributed by atoms with Gasteiger partial charge in [0.25, 0.3) is 5.91 Å². The number of aromatic nitrogens is 1. The molecule has 7 heteroatoms. The van der Waals surface area contributed by atoms with E-state index in [2.05, 4.69) is 25.8 Å². The van der Waals surface area contributed by atoms with Crippen molar-refractivity contribution < 1.29 is 9.59 Å². The van der Waals surface area contributed by atoms with Crippen molar-refractivity contribution in [2.75, 3.05) is 43.1 Å². The van der Waals surface area contributed by atoms with Gasteiger partial charge in [-0.1, -0.05) is 6.07 Å². The quantitative estimate of drug-likeness (QED) is 0.719. The molecule has 0 aliphatic rings. The zero-order chi connectivity index (χ0) is 18.2. The van der Waals surface area contributed by atoms with Crippen molar-refractivity contribution in [1.82, 2.24) is 9.88 Å². The third-order valence-corrected chi connectivity index (χ3v) is 3.32. The second-order valence-corrected chi connectivity index (χ2v) is 5.88. The first-order valence-corrected chi connectivity index (χ1v) is 7.97. The predicted molar refractivity (Wildman–Crippen MR) is 100.0 cm³/mol. The first kappa shape index (κ1) is 18.4. The lowest BCUT2D eigenvalue weighted by Crippen LogP contribution is -2.21. The molecule has 2 aromatic rings. The molecule has 0 radical (unpaired) electrons. The molecule has 0 aliphatic carbocycles. The number of nitrogens with one attached hydrogen (secondary N) is 3. The fourth-order valence-corrected chi connectivity index (χ4v) is 2.16. The zero-order valence-corrected chi connectivity index (χ0v) is 14.7. The van der Waals surface area contributed by atoms with Crippen molar-refractivity contribution in [2.24, 2.45) is 0 Å². The van der Waals surface area contributed by atoms with Crippen LogP contribution in [0.5, 0.6) is 0 Å². The summed E-state index contributed by atoms with van der Waals surface area (Å²) in [6.07, 6.45) is 1.60. The van der Waals surface area contributed by atoms with E-state index in [1.807, 2.05) is 20.2 Å². The number of benzene rings is 1. The Kier molecular flexibility index (Phi) is 6.47. The molecule has 0 bridgehead atoms. The fourth-order valence-electron chi connectivity index (χ4n) is 2.16. The fraction of sp³-hybridized carbons (Fsp3) is 0.278. The van der Waals surface area contributed by atoms with Crippen LogP contribution in [0.4, 0.5) is 17.1 Å². The Bertz CT molecular complexity index is 746. The summed E-state index contributed by atoms with van der Waals surface area (Å²) in [6.45, 7) is 3.10. The summed E-state index contributed by atoms with van der Waals surface area (Å²) >= 11 is 0. The Labute approximate surface area is 147 Å². The van der Waals surface area contributed by atoms with Crippen LogP contribution in [0.1, 0.15) is 17.4 Å². The topological polar surface area (TPSA) is 86.4 Å². The van der Waals surface area contributed by atoms with Crippen LogP contribution >= 0.6 is 0 Å². The molecule has 3 N–H and O–H groups in total. The molecule has 2 amide bonds. The van der Waals surface area contributed by atoms with Gasteiger partial charge in [-0.2, -0.15) is 0 Å². The minimum Gasteiger partial charge on any atom is -0.384 e. The van der Waals surface area contributed by atoms with Gasteiger partial charge in [0.1, 0.15) is 5.69 Å². The first-order valence-electron chi connectivity index (χ1n) is 7.97. The van der Waals surface area contributed by atoms with E-state index < -0.39 is 0 Å². The van der Waals surface area contributed by atoms with E-state index >= 15 is 0 Å². The Morgan fingerprint density at radius 3 is 2.44 bits per heavy atom. The summed E-state index contributed by atoms with van der Waals surface area (Å²) in [5, 5.41) is 8.72. The standard InChI is InChI=1S/C18H23N5O2/c1-13(24)21-15-5-4-6-16(11-15)22-18(25)17-12-14(7-8-20-17)19-9-10-23(2)3/h4-8,11-12H,9-10H2,1-3H3,(H,19,20)(H,21,24)(H,22,25). The maximum Gasteiger partial charge on any atom is 0.274 e. The molecule has 1 aromatic carbocycles. The number of carbonyl (C=O) groups excluding carboxylic acids is 2. The largest absolute Gasteiger partial charge is 0.384 e. The highest BCUT2D eigenvalue weighted by Crippen LogP contribution is 2.16. The predicted octanol–water partition coefficient (Wildman–Crippen LogP) is 2.27. The van der Waals surface area contributed by atoms with Crippen LogP contribution in [-0.2, 0) is 4.79 Å². The second kappa shape index (κ2) is 8.79. The number of hydrogen-bond acceptors (Lipinski definition) is 5. The molecule has 0 fully saturated rings. The molecule has 7 nitrogen and oxygen atoms in total. The lowest BCUT2D eigenvalue weighted by Gasteiger charge is -2.12. The van der Waals surface area contributed by atoms with Crippen LogP contribution in [0.2, 0.25) is 0 Å². The van der Waals surface area contributed by atoms with E-state index in [9.17, 15) is 9.59 Å². The van der Waals surface area contributed by atoms with E-state index in [0.717, 1.165) is 18.8 Å². The van der Waals surface area contributed by atoms with Gasteiger partial charge in [-0.3, -0.25) is 14.6 Å². The van der Waals surface area contributed by atoms with E-state index in [0.29, 0.717) is 17.1 Å². The van der Waals surface area contributed by atoms with Crippen molar-refractivity contribution in [3.8, 4) is 0 Å². The van der Waals surface area contributed by atoms with Crippen LogP contribution < -0.4 is 16.0 Å². The van der Waals surface area contributed by atoms with Crippen LogP contribution in [0, 0.1) is 0 Å². The Hall–Kier alpha value is -2.93. The first-order chi connectivity index (χ1) is 11.9. The Morgan fingerprint density at radius 2 is 1.76 bits per heavy atom. The average Bonchev–Trinajstić information content (AvgIpc) is 2.54. The monoisotopic (exact) mass is 341 g/mol. The molecular weight excluding hydrogens is 318 g/mol. The Morgan fingerprint density at radius 1 is 1.04 bits per heavy atom. The molecule has 25 heavy (non-hydrogen) atoms. The van der Waals surface area contributed by atoms with Crippen LogP contribution in [0.25, 0.3) is 0 Å². The zero-order valence-electron chi connectivity index (χ0n) is 14.7. The molecule has 0 saturated carbocycles. The minimum absolute atomic E-state index is 0.165. The number of pyridine rings is 1. The highest BCUT2D eigenvalue weighted by molar-refractivity contribution is 6.03. The van der Waals surface area contributed by atoms with Gasteiger partial charge in [0.05, 0.1) is 0 Å². The summed E-state index contributed by atoms with van der Waals surface area (Å²) in [7, 11) is 4.00. The molecule has 1 aromatic heterocycles. The second-order valence-electron chi connectivity index (χ2n) is 5.88. The molecule has 2 rings (SSSR count). The summed E-state index contributed by atoms with van der Waals surface area (Å²) in [5.74, 6) is -0.474. The number of likely N-dealkylation sites (N-methyl/N-ethyl adjacent to an activating group) is 1. The van der Waals surface area contributed by atoms with Crippen molar-refractivity contribution in [2.45, 2.75) is 6.92 Å². The van der Waals surface area contributed by atoms with Gasteiger partial charge < -0.3 is 20.9 Å². The number of amides is 2. The van der Waals surface area contributed by atoms with E-state index in [-0.39, 0.29) is 11.8 Å². The molecular formula is C18H23N5O2. The number of carbonyl (C=O) groups is 2. The summed E-state index contributed by atoms with van der Waals surface area (Å²) in [6, 6.07) is 10.5. The molecule has 0 saturated heterocycles. The van der Waals surface area contributed by atoms with E-state index in [1.165, 1.54) is 6.92 Å². The SMILES string of the molecule is CC(=O)Nc1cccc(NC(=O)c2cc(NCCN(C)C)ccn2)c1. The van der Waals surface area contributed by atoms with Gasteiger partial charge in [-0.25, -0.2) is 0 Å². The van der Waals surface area contributed by atoms with Crippen LogP contribution in [0.15, 0.2) is 42.6 Å². The van der Waals surface area contributed by atoms with Gasteiger partial charge in [-0.05, 0) is 44.4 Å². The van der Waals surface area contributed by atoms with Crippen molar-refractivity contribution in [3.05, 3.63) is 48.3 Å². The van der Waals surface area contributed by atoms with Crippen LogP contribution in [-0.4, -0.2) is 48.9 Å². The van der Waals surface area contributed by atoms with Crippen LogP contribution in [0.3, 0.4) is 0 Å². The highest BCUT2D eigenvalue weighted by Gasteiger charge is 2.09. The molecule has 1 heterocycles. The van der Waals surface area contributed by atoms with Gasteiger partial charge in [0.15, 0.2) is 0 Å². The normalized spacial score (nSPS) is 10.4. The maximum absolute atomic E-state index is 12.4. The summed E-state index contributed by atoms with van der Waals surface area (Å²) in [5.41, 5.74) is 2.37. The van der Waals surface area contributed by atoms with Crippen molar-refractivity contribution in [1.29, 1.82) is 0 Å². The molecule has 0 aliphatic heterocycles. The minimum atomic E-state index is -0.309. The van der Waals surface area contributed by atoms with Crippen molar-refractivity contribution >= 4 is 28.9 Å². The lowest BCUT2D eigenvalue weighted by atomic mass is 10.2. The summed E-state index contributed by atoms with van der Waals surface area (Å²) < 4.78 is 0. The smallest absolute Gasteiger partial charge is 0.274 e. The molecule has 0 unspecified atom stereocenters. The third kappa shape index (κ3) is 6.23. The number of nitrogens with zero attached hydrogens (tertiary/aromatic N) is 2. The van der Waals surface area contributed by atoms with Crippen molar-refractivity contribution in [3.63, 3.8) is 0 Å². The molecule has 132 valence electrons. The highest BCUT2D eigenvalue weighted by atomic mass is 16.2. The van der Waals surface area contributed by atoms with E-state index in [4.69, 9.17) is 0 Å².